The number of carbonyl (C=O) groups excluding carboxylic acids is 2. The van der Waals surface area contributed by atoms with E-state index in [1.165, 1.54) is 0 Å². The number of hydrogen-bond acceptors (Lipinski definition) is 4. The van der Waals surface area contributed by atoms with Gasteiger partial charge in [0.05, 0.1) is 12.5 Å². The lowest BCUT2D eigenvalue weighted by atomic mass is 9.96. The van der Waals surface area contributed by atoms with Crippen LogP contribution in [0.15, 0.2) is 18.2 Å². The van der Waals surface area contributed by atoms with Gasteiger partial charge in [0.2, 0.25) is 0 Å². The molecule has 0 amide bonds. The summed E-state index contributed by atoms with van der Waals surface area (Å²) in [6, 6.07) is 5.51. The van der Waals surface area contributed by atoms with Crippen molar-refractivity contribution in [3.63, 3.8) is 0 Å². The average Bonchev–Trinajstić information content (AvgIpc) is 2.37. The molecule has 96 valence electrons. The quantitative estimate of drug-likeness (QED) is 0.766. The van der Waals surface area contributed by atoms with Crippen molar-refractivity contribution in [2.45, 2.75) is 26.2 Å². The van der Waals surface area contributed by atoms with Gasteiger partial charge in [0.1, 0.15) is 12.4 Å². The zero-order valence-corrected chi connectivity index (χ0v) is 10.6. The first-order valence-corrected chi connectivity index (χ1v) is 6.05. The number of fused-ring (bicyclic) bond motifs is 1. The molecule has 4 nitrogen and oxygen atoms in total. The van der Waals surface area contributed by atoms with Crippen molar-refractivity contribution in [3.8, 4) is 5.75 Å². The summed E-state index contributed by atoms with van der Waals surface area (Å²) in [5.41, 5.74) is 1.70. The third-order valence-corrected chi connectivity index (χ3v) is 3.00. The predicted octanol–water partition coefficient (Wildman–Crippen LogP) is 1.86. The minimum Gasteiger partial charge on any atom is -0.486 e. The maximum atomic E-state index is 11.7. The number of hydrogen-bond donors (Lipinski definition) is 0. The summed E-state index contributed by atoms with van der Waals surface area (Å²) in [7, 11) is 0. The minimum absolute atomic E-state index is 0.0587. The highest BCUT2D eigenvalue weighted by Crippen LogP contribution is 2.28. The topological polar surface area (TPSA) is 52.6 Å². The van der Waals surface area contributed by atoms with Crippen LogP contribution in [-0.4, -0.2) is 25.0 Å². The van der Waals surface area contributed by atoms with Crippen LogP contribution in [0.4, 0.5) is 0 Å². The fourth-order valence-electron chi connectivity index (χ4n) is 1.97. The normalized spacial score (nSPS) is 15.6. The Morgan fingerprint density at radius 2 is 2.28 bits per heavy atom. The van der Waals surface area contributed by atoms with Crippen LogP contribution in [0.25, 0.3) is 0 Å². The van der Waals surface area contributed by atoms with Crippen LogP contribution in [-0.2, 0) is 20.7 Å². The SMILES string of the molecule is CCOC(=O)C(C)c1ccc2c(c1)CC(=O)CO2. The summed E-state index contributed by atoms with van der Waals surface area (Å²) in [6.45, 7) is 4.09. The zero-order chi connectivity index (χ0) is 13.1. The van der Waals surface area contributed by atoms with E-state index in [4.69, 9.17) is 9.47 Å². The molecule has 1 aliphatic rings. The second-order valence-electron chi connectivity index (χ2n) is 4.35. The summed E-state index contributed by atoms with van der Waals surface area (Å²) in [6.07, 6.45) is 0.374. The van der Waals surface area contributed by atoms with Crippen LogP contribution in [0, 0.1) is 0 Å². The Kier molecular flexibility index (Phi) is 3.65. The van der Waals surface area contributed by atoms with Crippen LogP contribution in [0.2, 0.25) is 0 Å². The lowest BCUT2D eigenvalue weighted by molar-refractivity contribution is -0.144. The smallest absolute Gasteiger partial charge is 0.313 e. The number of carbonyl (C=O) groups is 2. The summed E-state index contributed by atoms with van der Waals surface area (Å²) >= 11 is 0. The van der Waals surface area contributed by atoms with Crippen LogP contribution >= 0.6 is 0 Å². The number of esters is 1. The fourth-order valence-corrected chi connectivity index (χ4v) is 1.97. The number of rotatable bonds is 3. The first-order chi connectivity index (χ1) is 8.61. The Balaban J connectivity index is 2.22. The molecule has 0 radical (unpaired) electrons. The van der Waals surface area contributed by atoms with E-state index in [9.17, 15) is 9.59 Å². The molecule has 0 spiro atoms. The van der Waals surface area contributed by atoms with Gasteiger partial charge in [-0.05, 0) is 25.5 Å². The van der Waals surface area contributed by atoms with Crippen LogP contribution in [0.1, 0.15) is 30.9 Å². The van der Waals surface area contributed by atoms with Gasteiger partial charge in [0.25, 0.3) is 0 Å². The summed E-state index contributed by atoms with van der Waals surface area (Å²) < 4.78 is 10.3. The monoisotopic (exact) mass is 248 g/mol. The maximum absolute atomic E-state index is 11.7. The molecule has 0 bridgehead atoms. The molecule has 0 N–H and O–H groups in total. The highest BCUT2D eigenvalue weighted by atomic mass is 16.5. The second-order valence-corrected chi connectivity index (χ2v) is 4.35. The third-order valence-electron chi connectivity index (χ3n) is 3.00. The summed E-state index contributed by atoms with van der Waals surface area (Å²) in [4.78, 5) is 23.0. The molecule has 2 rings (SSSR count). The van der Waals surface area contributed by atoms with Crippen molar-refractivity contribution in [3.05, 3.63) is 29.3 Å². The molecule has 0 aliphatic carbocycles. The van der Waals surface area contributed by atoms with Crippen molar-refractivity contribution in [2.24, 2.45) is 0 Å². The molecule has 18 heavy (non-hydrogen) atoms. The van der Waals surface area contributed by atoms with Crippen molar-refractivity contribution in [1.29, 1.82) is 0 Å². The van der Waals surface area contributed by atoms with Gasteiger partial charge in [-0.3, -0.25) is 9.59 Å². The van der Waals surface area contributed by atoms with E-state index in [1.807, 2.05) is 18.2 Å². The van der Waals surface area contributed by atoms with Crippen LogP contribution in [0.5, 0.6) is 5.75 Å². The molecule has 1 aromatic carbocycles. The highest BCUT2D eigenvalue weighted by Gasteiger charge is 2.21. The Bertz CT molecular complexity index is 479. The molecule has 0 aromatic heterocycles. The molecule has 0 saturated carbocycles. The van der Waals surface area contributed by atoms with Crippen molar-refractivity contribution in [1.82, 2.24) is 0 Å². The zero-order valence-electron chi connectivity index (χ0n) is 10.6. The molecule has 1 unspecified atom stereocenters. The second kappa shape index (κ2) is 5.21. The van der Waals surface area contributed by atoms with E-state index in [1.54, 1.807) is 13.8 Å². The molecule has 4 heteroatoms. The Labute approximate surface area is 106 Å². The van der Waals surface area contributed by atoms with Crippen molar-refractivity contribution < 1.29 is 19.1 Å². The molecule has 1 aromatic rings. The van der Waals surface area contributed by atoms with Gasteiger partial charge < -0.3 is 9.47 Å². The van der Waals surface area contributed by atoms with Crippen LogP contribution < -0.4 is 4.74 Å². The van der Waals surface area contributed by atoms with Gasteiger partial charge in [-0.1, -0.05) is 12.1 Å². The van der Waals surface area contributed by atoms with Crippen molar-refractivity contribution >= 4 is 11.8 Å². The summed E-state index contributed by atoms with van der Waals surface area (Å²) in [5, 5.41) is 0. The van der Waals surface area contributed by atoms with Gasteiger partial charge in [-0.25, -0.2) is 0 Å². The van der Waals surface area contributed by atoms with Crippen molar-refractivity contribution in [2.75, 3.05) is 13.2 Å². The van der Waals surface area contributed by atoms with E-state index in [-0.39, 0.29) is 24.3 Å². The van der Waals surface area contributed by atoms with E-state index in [0.717, 1.165) is 16.9 Å². The predicted molar refractivity (Wildman–Crippen MR) is 65.7 cm³/mol. The minimum atomic E-state index is -0.327. The molecular formula is C14H16O4. The molecule has 1 heterocycles. The lowest BCUT2D eigenvalue weighted by Crippen LogP contribution is -2.21. The first-order valence-electron chi connectivity index (χ1n) is 6.05. The number of ketones is 1. The lowest BCUT2D eigenvalue weighted by Gasteiger charge is -2.18. The largest absolute Gasteiger partial charge is 0.486 e. The van der Waals surface area contributed by atoms with E-state index < -0.39 is 0 Å². The Hall–Kier alpha value is -1.84. The fraction of sp³-hybridized carbons (Fsp3) is 0.429. The third kappa shape index (κ3) is 2.53. The average molecular weight is 248 g/mol. The number of Topliss-reactive ketones (excluding diaryl/α,β-unsaturated/α-hetero) is 1. The van der Waals surface area contributed by atoms with E-state index >= 15 is 0 Å². The van der Waals surface area contributed by atoms with Gasteiger partial charge in [0, 0.05) is 12.0 Å². The Morgan fingerprint density at radius 3 is 3.00 bits per heavy atom. The first kappa shape index (κ1) is 12.6. The molecule has 0 saturated heterocycles. The Morgan fingerprint density at radius 1 is 1.50 bits per heavy atom. The van der Waals surface area contributed by atoms with Gasteiger partial charge in [-0.15, -0.1) is 0 Å². The standard InChI is InChI=1S/C14H16O4/c1-3-17-14(16)9(2)10-4-5-13-11(6-10)7-12(15)8-18-13/h4-6,9H,3,7-8H2,1-2H3. The molecule has 0 fully saturated rings. The summed E-state index contributed by atoms with van der Waals surface area (Å²) in [5.74, 6) is 0.214. The van der Waals surface area contributed by atoms with Gasteiger partial charge >= 0.3 is 5.97 Å². The van der Waals surface area contributed by atoms with E-state index in [0.29, 0.717) is 13.0 Å². The highest BCUT2D eigenvalue weighted by molar-refractivity contribution is 5.85. The van der Waals surface area contributed by atoms with E-state index in [2.05, 4.69) is 0 Å². The van der Waals surface area contributed by atoms with Crippen LogP contribution in [0.3, 0.4) is 0 Å². The number of ether oxygens (including phenoxy) is 2. The molecule has 1 atom stereocenters. The maximum Gasteiger partial charge on any atom is 0.313 e. The van der Waals surface area contributed by atoms with Gasteiger partial charge in [-0.2, -0.15) is 0 Å². The number of benzene rings is 1. The van der Waals surface area contributed by atoms with Gasteiger partial charge in [0.15, 0.2) is 5.78 Å². The molecule has 1 aliphatic heterocycles. The molecular weight excluding hydrogens is 232 g/mol.